The SMILES string of the molecule is NNC(=O)c1ccc(Cn2cc(C(F)(F)F)cn2)o1. The van der Waals surface area contributed by atoms with Gasteiger partial charge in [-0.1, -0.05) is 0 Å². The van der Waals surface area contributed by atoms with Gasteiger partial charge in [-0.3, -0.25) is 14.9 Å². The zero-order valence-corrected chi connectivity index (χ0v) is 9.44. The lowest BCUT2D eigenvalue weighted by Crippen LogP contribution is -2.29. The number of alkyl halides is 3. The monoisotopic (exact) mass is 274 g/mol. The molecule has 0 aromatic carbocycles. The number of nitrogens with zero attached hydrogens (tertiary/aromatic N) is 2. The van der Waals surface area contributed by atoms with Gasteiger partial charge >= 0.3 is 12.1 Å². The molecule has 2 heterocycles. The van der Waals surface area contributed by atoms with Crippen molar-refractivity contribution in [2.45, 2.75) is 12.7 Å². The highest BCUT2D eigenvalue weighted by atomic mass is 19.4. The number of hydrazine groups is 1. The third kappa shape index (κ3) is 2.94. The first kappa shape index (κ1) is 13.1. The van der Waals surface area contributed by atoms with E-state index in [1.54, 1.807) is 0 Å². The van der Waals surface area contributed by atoms with Crippen molar-refractivity contribution in [1.82, 2.24) is 15.2 Å². The van der Waals surface area contributed by atoms with Crippen LogP contribution in [-0.4, -0.2) is 15.7 Å². The number of hydrogen-bond donors (Lipinski definition) is 2. The van der Waals surface area contributed by atoms with Crippen LogP contribution in [0.15, 0.2) is 28.9 Å². The summed E-state index contributed by atoms with van der Waals surface area (Å²) in [5.74, 6) is 4.55. The highest BCUT2D eigenvalue weighted by molar-refractivity contribution is 5.90. The molecule has 0 unspecified atom stereocenters. The topological polar surface area (TPSA) is 86.1 Å². The summed E-state index contributed by atoms with van der Waals surface area (Å²) in [5.41, 5.74) is 1.03. The molecular formula is C10H9F3N4O2. The maximum Gasteiger partial charge on any atom is 0.419 e. The Morgan fingerprint density at radius 2 is 2.21 bits per heavy atom. The van der Waals surface area contributed by atoms with Gasteiger partial charge in [0, 0.05) is 6.20 Å². The molecule has 0 saturated heterocycles. The van der Waals surface area contributed by atoms with E-state index >= 15 is 0 Å². The lowest BCUT2D eigenvalue weighted by Gasteiger charge is -2.01. The molecule has 3 N–H and O–H groups in total. The van der Waals surface area contributed by atoms with Crippen molar-refractivity contribution < 1.29 is 22.4 Å². The van der Waals surface area contributed by atoms with Gasteiger partial charge in [0.05, 0.1) is 18.3 Å². The predicted octanol–water partition coefficient (Wildman–Crippen LogP) is 1.15. The van der Waals surface area contributed by atoms with Crippen LogP contribution in [0.3, 0.4) is 0 Å². The third-order valence-corrected chi connectivity index (χ3v) is 2.29. The molecule has 0 atom stereocenters. The predicted molar refractivity (Wildman–Crippen MR) is 56.7 cm³/mol. The second-order valence-electron chi connectivity index (χ2n) is 3.66. The smallest absolute Gasteiger partial charge is 0.419 e. The number of nitrogen functional groups attached to an aromatic ring is 1. The summed E-state index contributed by atoms with van der Waals surface area (Å²) in [4.78, 5) is 11.1. The minimum atomic E-state index is -4.44. The fraction of sp³-hybridized carbons (Fsp3) is 0.200. The Labute approximate surface area is 105 Å². The fourth-order valence-corrected chi connectivity index (χ4v) is 1.41. The maximum atomic E-state index is 12.4. The average Bonchev–Trinajstić information content (AvgIpc) is 2.97. The quantitative estimate of drug-likeness (QED) is 0.499. The molecule has 0 fully saturated rings. The number of carbonyl (C=O) groups excluding carboxylic acids is 1. The van der Waals surface area contributed by atoms with Crippen LogP contribution in [0.4, 0.5) is 13.2 Å². The van der Waals surface area contributed by atoms with Crippen molar-refractivity contribution in [2.75, 3.05) is 0 Å². The van der Waals surface area contributed by atoms with Gasteiger partial charge in [-0.15, -0.1) is 0 Å². The normalized spacial score (nSPS) is 11.6. The van der Waals surface area contributed by atoms with Crippen molar-refractivity contribution in [3.05, 3.63) is 41.6 Å². The summed E-state index contributed by atoms with van der Waals surface area (Å²) in [7, 11) is 0. The van der Waals surface area contributed by atoms with Gasteiger partial charge in [-0.25, -0.2) is 5.84 Å². The molecule has 6 nitrogen and oxygen atoms in total. The van der Waals surface area contributed by atoms with Crippen LogP contribution >= 0.6 is 0 Å². The second kappa shape index (κ2) is 4.76. The van der Waals surface area contributed by atoms with Crippen LogP contribution in [0, 0.1) is 0 Å². The highest BCUT2D eigenvalue weighted by Crippen LogP contribution is 2.28. The van der Waals surface area contributed by atoms with Crippen molar-refractivity contribution in [3.8, 4) is 0 Å². The molecule has 19 heavy (non-hydrogen) atoms. The lowest BCUT2D eigenvalue weighted by atomic mass is 10.3. The summed E-state index contributed by atoms with van der Waals surface area (Å²) in [6.07, 6.45) is -2.87. The molecule has 102 valence electrons. The zero-order valence-electron chi connectivity index (χ0n) is 9.44. The fourth-order valence-electron chi connectivity index (χ4n) is 1.41. The number of nitrogens with one attached hydrogen (secondary N) is 1. The molecular weight excluding hydrogens is 265 g/mol. The number of halogens is 3. The molecule has 9 heteroatoms. The molecule has 0 spiro atoms. The van der Waals surface area contributed by atoms with Crippen LogP contribution in [0.25, 0.3) is 0 Å². The van der Waals surface area contributed by atoms with E-state index in [4.69, 9.17) is 10.3 Å². The van der Waals surface area contributed by atoms with E-state index in [1.807, 2.05) is 5.43 Å². The van der Waals surface area contributed by atoms with Gasteiger partial charge < -0.3 is 4.42 Å². The number of aromatic nitrogens is 2. The Balaban J connectivity index is 2.11. The minimum absolute atomic E-state index is 0.0199. The highest BCUT2D eigenvalue weighted by Gasteiger charge is 2.32. The number of carbonyl (C=O) groups is 1. The standard InChI is InChI=1S/C10H9F3N4O2/c11-10(12,13)6-3-15-17(4-6)5-7-1-2-8(19-7)9(18)16-14/h1-4H,5,14H2,(H,16,18). The molecule has 2 aromatic rings. The van der Waals surface area contributed by atoms with Gasteiger partial charge in [-0.2, -0.15) is 18.3 Å². The molecule has 0 radical (unpaired) electrons. The third-order valence-electron chi connectivity index (χ3n) is 2.29. The van der Waals surface area contributed by atoms with E-state index in [0.717, 1.165) is 17.1 Å². The molecule has 2 rings (SSSR count). The molecule has 0 aliphatic heterocycles. The maximum absolute atomic E-state index is 12.4. The van der Waals surface area contributed by atoms with Gasteiger partial charge in [0.15, 0.2) is 5.76 Å². The number of nitrogens with two attached hydrogens (primary N) is 1. The first-order valence-electron chi connectivity index (χ1n) is 5.09. The van der Waals surface area contributed by atoms with Crippen LogP contribution in [-0.2, 0) is 12.7 Å². The van der Waals surface area contributed by atoms with E-state index < -0.39 is 17.6 Å². The summed E-state index contributed by atoms with van der Waals surface area (Å²) in [6.45, 7) is -0.0199. The van der Waals surface area contributed by atoms with Crippen molar-refractivity contribution in [2.24, 2.45) is 5.84 Å². The van der Waals surface area contributed by atoms with E-state index in [9.17, 15) is 18.0 Å². The van der Waals surface area contributed by atoms with Crippen LogP contribution in [0.2, 0.25) is 0 Å². The molecule has 1 amide bonds. The van der Waals surface area contributed by atoms with Gasteiger partial charge in [0.25, 0.3) is 0 Å². The lowest BCUT2D eigenvalue weighted by molar-refractivity contribution is -0.137. The van der Waals surface area contributed by atoms with E-state index in [2.05, 4.69) is 5.10 Å². The van der Waals surface area contributed by atoms with Gasteiger partial charge in [0.1, 0.15) is 5.76 Å². The molecule has 0 bridgehead atoms. The van der Waals surface area contributed by atoms with Crippen molar-refractivity contribution >= 4 is 5.91 Å². The van der Waals surface area contributed by atoms with Crippen LogP contribution in [0.5, 0.6) is 0 Å². The Bertz CT molecular complexity index is 588. The molecule has 0 saturated carbocycles. The second-order valence-corrected chi connectivity index (χ2v) is 3.66. The zero-order chi connectivity index (χ0) is 14.0. The van der Waals surface area contributed by atoms with Crippen molar-refractivity contribution in [1.29, 1.82) is 0 Å². The van der Waals surface area contributed by atoms with E-state index in [-0.39, 0.29) is 18.1 Å². The first-order valence-corrected chi connectivity index (χ1v) is 5.09. The Hall–Kier alpha value is -2.29. The van der Waals surface area contributed by atoms with Crippen LogP contribution < -0.4 is 11.3 Å². The summed E-state index contributed by atoms with van der Waals surface area (Å²) in [6, 6.07) is 2.82. The molecule has 0 aliphatic carbocycles. The number of furan rings is 1. The van der Waals surface area contributed by atoms with Crippen LogP contribution in [0.1, 0.15) is 21.9 Å². The van der Waals surface area contributed by atoms with E-state index in [1.165, 1.54) is 12.1 Å². The minimum Gasteiger partial charge on any atom is -0.454 e. The number of rotatable bonds is 3. The largest absolute Gasteiger partial charge is 0.454 e. The Morgan fingerprint density at radius 3 is 2.79 bits per heavy atom. The average molecular weight is 274 g/mol. The Kier molecular flexibility index (Phi) is 3.30. The summed E-state index contributed by atoms with van der Waals surface area (Å²) < 4.78 is 43.2. The Morgan fingerprint density at radius 1 is 1.47 bits per heavy atom. The number of amides is 1. The molecule has 0 aliphatic rings. The molecule has 2 aromatic heterocycles. The van der Waals surface area contributed by atoms with Gasteiger partial charge in [0.2, 0.25) is 0 Å². The van der Waals surface area contributed by atoms with Crippen molar-refractivity contribution in [3.63, 3.8) is 0 Å². The number of hydrogen-bond acceptors (Lipinski definition) is 4. The summed E-state index contributed by atoms with van der Waals surface area (Å²) in [5, 5.41) is 3.56. The first-order chi connectivity index (χ1) is 8.90. The van der Waals surface area contributed by atoms with E-state index in [0.29, 0.717) is 0 Å². The van der Waals surface area contributed by atoms with Gasteiger partial charge in [-0.05, 0) is 12.1 Å². The summed E-state index contributed by atoms with van der Waals surface area (Å²) >= 11 is 0.